The molecule has 1 aromatic rings. The molecule has 0 spiro atoms. The zero-order chi connectivity index (χ0) is 14.4. The van der Waals surface area contributed by atoms with Crippen LogP contribution in [-0.4, -0.2) is 30.6 Å². The summed E-state index contributed by atoms with van der Waals surface area (Å²) in [6.45, 7) is 7.97. The van der Waals surface area contributed by atoms with Gasteiger partial charge < -0.3 is 10.2 Å². The summed E-state index contributed by atoms with van der Waals surface area (Å²) in [6, 6.07) is 5.47. The predicted octanol–water partition coefficient (Wildman–Crippen LogP) is 3.66. The van der Waals surface area contributed by atoms with E-state index in [-0.39, 0.29) is 5.82 Å². The van der Waals surface area contributed by atoms with Crippen molar-refractivity contribution in [3.05, 3.63) is 29.6 Å². The molecule has 1 unspecified atom stereocenters. The number of hydrogen-bond donors (Lipinski definition) is 1. The van der Waals surface area contributed by atoms with Gasteiger partial charge in [-0.05, 0) is 31.5 Å². The maximum Gasteiger partial charge on any atom is 0.129 e. The van der Waals surface area contributed by atoms with Crippen molar-refractivity contribution in [2.75, 3.05) is 30.3 Å². The number of benzene rings is 1. The van der Waals surface area contributed by atoms with E-state index < -0.39 is 0 Å². The van der Waals surface area contributed by atoms with Crippen molar-refractivity contribution in [3.63, 3.8) is 0 Å². The lowest BCUT2D eigenvalue weighted by Gasteiger charge is -2.35. The number of thioether (sulfide) groups is 1. The molecule has 1 aliphatic heterocycles. The van der Waals surface area contributed by atoms with Crippen molar-refractivity contribution >= 4 is 17.4 Å². The molecule has 2 rings (SSSR count). The molecule has 2 nitrogen and oxygen atoms in total. The second kappa shape index (κ2) is 7.89. The minimum Gasteiger partial charge on any atom is -0.369 e. The van der Waals surface area contributed by atoms with Crippen molar-refractivity contribution in [1.29, 1.82) is 0 Å². The van der Waals surface area contributed by atoms with Gasteiger partial charge in [-0.2, -0.15) is 11.8 Å². The molecule has 1 aliphatic rings. The highest BCUT2D eigenvalue weighted by molar-refractivity contribution is 8.00. The molecule has 1 N–H and O–H groups in total. The Morgan fingerprint density at radius 2 is 2.25 bits per heavy atom. The zero-order valence-electron chi connectivity index (χ0n) is 12.5. The van der Waals surface area contributed by atoms with Crippen LogP contribution in [0.25, 0.3) is 0 Å². The molecule has 0 aliphatic carbocycles. The van der Waals surface area contributed by atoms with Gasteiger partial charge in [0.15, 0.2) is 0 Å². The zero-order valence-corrected chi connectivity index (χ0v) is 13.3. The molecule has 1 saturated heterocycles. The normalized spacial score (nSPS) is 19.4. The lowest BCUT2D eigenvalue weighted by atomic mass is 10.1. The summed E-state index contributed by atoms with van der Waals surface area (Å²) in [5.41, 5.74) is 1.90. The third kappa shape index (κ3) is 3.89. The van der Waals surface area contributed by atoms with Crippen LogP contribution in [0.4, 0.5) is 10.1 Å². The molecule has 1 atom stereocenters. The molecular formula is C16H25FN2S. The number of nitrogens with one attached hydrogen (secondary N) is 1. The molecule has 0 saturated carbocycles. The van der Waals surface area contributed by atoms with Gasteiger partial charge in [0.2, 0.25) is 0 Å². The Kier molecular flexibility index (Phi) is 6.17. The third-order valence-corrected chi connectivity index (χ3v) is 5.13. The largest absolute Gasteiger partial charge is 0.369 e. The molecule has 0 radical (unpaired) electrons. The lowest BCUT2D eigenvalue weighted by Crippen LogP contribution is -2.38. The van der Waals surface area contributed by atoms with E-state index in [0.29, 0.717) is 11.8 Å². The first-order chi connectivity index (χ1) is 9.76. The maximum absolute atomic E-state index is 14.1. The predicted molar refractivity (Wildman–Crippen MR) is 87.1 cm³/mol. The summed E-state index contributed by atoms with van der Waals surface area (Å²) in [6.07, 6.45) is 2.25. The Labute approximate surface area is 126 Å². The van der Waals surface area contributed by atoms with Crippen LogP contribution in [0.2, 0.25) is 0 Å². The highest BCUT2D eigenvalue weighted by Gasteiger charge is 2.22. The molecule has 1 aromatic carbocycles. The molecule has 4 heteroatoms. The summed E-state index contributed by atoms with van der Waals surface area (Å²) in [5, 5.41) is 3.99. The Bertz CT molecular complexity index is 425. The number of nitrogens with zero attached hydrogens (tertiary/aromatic N) is 1. The Morgan fingerprint density at radius 3 is 3.00 bits per heavy atom. The van der Waals surface area contributed by atoms with Gasteiger partial charge in [0.1, 0.15) is 5.82 Å². The first-order valence-corrected chi connectivity index (χ1v) is 8.65. The van der Waals surface area contributed by atoms with Crippen LogP contribution in [-0.2, 0) is 6.54 Å². The molecule has 20 heavy (non-hydrogen) atoms. The molecule has 0 aromatic heterocycles. The van der Waals surface area contributed by atoms with Gasteiger partial charge in [-0.3, -0.25) is 0 Å². The van der Waals surface area contributed by atoms with Crippen LogP contribution < -0.4 is 10.2 Å². The summed E-state index contributed by atoms with van der Waals surface area (Å²) in [5.74, 6) is 1.05. The molecule has 1 fully saturated rings. The standard InChI is InChI=1S/C16H25FN2S/c1-3-8-18-11-14-15(17)6-5-7-16(14)19-9-10-20-13(4-2)12-19/h5-7,13,18H,3-4,8-12H2,1-2H3. The Hall–Kier alpha value is -0.740. The fraction of sp³-hybridized carbons (Fsp3) is 0.625. The van der Waals surface area contributed by atoms with E-state index in [9.17, 15) is 4.39 Å². The molecule has 0 amide bonds. The fourth-order valence-corrected chi connectivity index (χ4v) is 3.77. The van der Waals surface area contributed by atoms with Crippen LogP contribution in [0, 0.1) is 5.82 Å². The SMILES string of the molecule is CCCNCc1c(F)cccc1N1CCSC(CC)C1. The fourth-order valence-electron chi connectivity index (χ4n) is 2.59. The summed E-state index contributed by atoms with van der Waals surface area (Å²) in [4.78, 5) is 2.36. The van der Waals surface area contributed by atoms with Gasteiger partial charge in [-0.25, -0.2) is 4.39 Å². The highest BCUT2D eigenvalue weighted by atomic mass is 32.2. The first kappa shape index (κ1) is 15.6. The Morgan fingerprint density at radius 1 is 1.40 bits per heavy atom. The highest BCUT2D eigenvalue weighted by Crippen LogP contribution is 2.29. The van der Waals surface area contributed by atoms with Gasteiger partial charge in [0.05, 0.1) is 0 Å². The minimum atomic E-state index is -0.0858. The average Bonchev–Trinajstić information content (AvgIpc) is 2.49. The molecular weight excluding hydrogens is 271 g/mol. The first-order valence-electron chi connectivity index (χ1n) is 7.60. The van der Waals surface area contributed by atoms with Crippen molar-refractivity contribution in [3.8, 4) is 0 Å². The van der Waals surface area contributed by atoms with Gasteiger partial charge >= 0.3 is 0 Å². The summed E-state index contributed by atoms with van der Waals surface area (Å²) >= 11 is 2.04. The van der Waals surface area contributed by atoms with Crippen molar-refractivity contribution in [2.45, 2.75) is 38.5 Å². The number of anilines is 1. The van der Waals surface area contributed by atoms with E-state index >= 15 is 0 Å². The van der Waals surface area contributed by atoms with Gasteiger partial charge in [-0.15, -0.1) is 0 Å². The second-order valence-electron chi connectivity index (χ2n) is 5.26. The van der Waals surface area contributed by atoms with Crippen LogP contribution in [0.1, 0.15) is 32.3 Å². The molecule has 1 heterocycles. The summed E-state index contributed by atoms with van der Waals surface area (Å²) in [7, 11) is 0. The van der Waals surface area contributed by atoms with E-state index in [4.69, 9.17) is 0 Å². The van der Waals surface area contributed by atoms with Crippen molar-refractivity contribution < 1.29 is 4.39 Å². The van der Waals surface area contributed by atoms with Crippen LogP contribution in [0.15, 0.2) is 18.2 Å². The van der Waals surface area contributed by atoms with E-state index in [1.165, 1.54) is 6.42 Å². The van der Waals surface area contributed by atoms with Gasteiger partial charge in [0.25, 0.3) is 0 Å². The maximum atomic E-state index is 14.1. The summed E-state index contributed by atoms with van der Waals surface area (Å²) < 4.78 is 14.1. The van der Waals surface area contributed by atoms with Crippen LogP contribution in [0.3, 0.4) is 0 Å². The smallest absolute Gasteiger partial charge is 0.129 e. The second-order valence-corrected chi connectivity index (χ2v) is 6.67. The molecule has 112 valence electrons. The van der Waals surface area contributed by atoms with Crippen LogP contribution in [0.5, 0.6) is 0 Å². The quantitative estimate of drug-likeness (QED) is 0.807. The van der Waals surface area contributed by atoms with Crippen molar-refractivity contribution in [2.24, 2.45) is 0 Å². The minimum absolute atomic E-state index is 0.0858. The lowest BCUT2D eigenvalue weighted by molar-refractivity contribution is 0.583. The average molecular weight is 296 g/mol. The van der Waals surface area contributed by atoms with Crippen molar-refractivity contribution in [1.82, 2.24) is 5.32 Å². The number of halogens is 1. The number of rotatable bonds is 6. The van der Waals surface area contributed by atoms with E-state index in [1.807, 2.05) is 17.8 Å². The molecule has 0 bridgehead atoms. The van der Waals surface area contributed by atoms with E-state index in [0.717, 1.165) is 43.1 Å². The topological polar surface area (TPSA) is 15.3 Å². The van der Waals surface area contributed by atoms with E-state index in [1.54, 1.807) is 6.07 Å². The monoisotopic (exact) mass is 296 g/mol. The van der Waals surface area contributed by atoms with Gasteiger partial charge in [-0.1, -0.05) is 19.9 Å². The number of hydrogen-bond acceptors (Lipinski definition) is 3. The van der Waals surface area contributed by atoms with Crippen LogP contribution >= 0.6 is 11.8 Å². The third-order valence-electron chi connectivity index (χ3n) is 3.76. The Balaban J connectivity index is 2.15. The van der Waals surface area contributed by atoms with E-state index in [2.05, 4.69) is 30.1 Å². The van der Waals surface area contributed by atoms with Gasteiger partial charge in [0, 0.05) is 41.9 Å².